The molecule has 4 heteroatoms. The summed E-state index contributed by atoms with van der Waals surface area (Å²) < 4.78 is 1.73. The third kappa shape index (κ3) is 1.91. The molecule has 0 radical (unpaired) electrons. The zero-order chi connectivity index (χ0) is 15.1. The van der Waals surface area contributed by atoms with E-state index >= 15 is 0 Å². The van der Waals surface area contributed by atoms with Crippen molar-refractivity contribution in [1.82, 2.24) is 4.73 Å². The molecule has 0 spiro atoms. The van der Waals surface area contributed by atoms with E-state index in [9.17, 15) is 10.1 Å². The molecule has 0 aliphatic carbocycles. The molecule has 0 aliphatic rings. The van der Waals surface area contributed by atoms with Crippen LogP contribution in [0.3, 0.4) is 0 Å². The standard InChI is InChI=1S/C17H16N2O2/c1-11-9-10-15-16(12(11)2)19(21)17(13(3)18(15)20)14-7-5-4-6-8-14/h4-10H,1-3H3. The van der Waals surface area contributed by atoms with E-state index in [2.05, 4.69) is 0 Å². The minimum absolute atomic E-state index is 0.408. The molecule has 0 bridgehead atoms. The van der Waals surface area contributed by atoms with Gasteiger partial charge in [0.1, 0.15) is 5.52 Å². The first-order valence-corrected chi connectivity index (χ1v) is 6.83. The first kappa shape index (κ1) is 13.4. The van der Waals surface area contributed by atoms with Gasteiger partial charge in [-0.25, -0.2) is 0 Å². The van der Waals surface area contributed by atoms with Crippen LogP contribution >= 0.6 is 0 Å². The molecule has 1 aromatic heterocycles. The minimum Gasteiger partial charge on any atom is -0.805 e. The third-order valence-electron chi connectivity index (χ3n) is 4.00. The Morgan fingerprint density at radius 3 is 2.33 bits per heavy atom. The van der Waals surface area contributed by atoms with Crippen LogP contribution in [0, 0.1) is 30.9 Å². The lowest BCUT2D eigenvalue weighted by Crippen LogP contribution is -2.25. The summed E-state index contributed by atoms with van der Waals surface area (Å²) in [5, 5.41) is 12.5. The molecule has 0 N–H and O–H groups in total. The van der Waals surface area contributed by atoms with Crippen LogP contribution in [-0.2, 0) is 0 Å². The van der Waals surface area contributed by atoms with Crippen LogP contribution in [0.4, 0.5) is 0 Å². The number of aromatic nitrogens is 2. The number of benzene rings is 2. The minimum atomic E-state index is 0.408. The van der Waals surface area contributed by atoms with Gasteiger partial charge in [0.05, 0.1) is 15.7 Å². The van der Waals surface area contributed by atoms with Crippen molar-refractivity contribution >= 4 is 11.0 Å². The number of aryl methyl sites for hydroxylation is 2. The van der Waals surface area contributed by atoms with E-state index in [4.69, 9.17) is 0 Å². The molecule has 0 unspecified atom stereocenters. The monoisotopic (exact) mass is 280 g/mol. The number of hydrogen-bond acceptors (Lipinski definition) is 2. The predicted molar refractivity (Wildman–Crippen MR) is 83.7 cm³/mol. The lowest BCUT2D eigenvalue weighted by Gasteiger charge is -2.17. The molecule has 3 aromatic rings. The molecule has 21 heavy (non-hydrogen) atoms. The summed E-state index contributed by atoms with van der Waals surface area (Å²) >= 11 is 0. The fourth-order valence-electron chi connectivity index (χ4n) is 2.66. The molecular formula is C17H16N2O2. The summed E-state index contributed by atoms with van der Waals surface area (Å²) in [5.74, 6) is 0. The first-order chi connectivity index (χ1) is 10.0. The highest BCUT2D eigenvalue weighted by Crippen LogP contribution is 2.25. The number of fused-ring (bicyclic) bond motifs is 1. The Balaban J connectivity index is 2.53. The molecule has 0 aliphatic heterocycles. The summed E-state index contributed by atoms with van der Waals surface area (Å²) in [5.41, 5.74) is 4.25. The fourth-order valence-corrected chi connectivity index (χ4v) is 2.66. The van der Waals surface area contributed by atoms with Gasteiger partial charge in [-0.2, -0.15) is 0 Å². The Bertz CT molecular complexity index is 896. The average Bonchev–Trinajstić information content (AvgIpc) is 2.49. The topological polar surface area (TPSA) is 51.0 Å². The number of hydrogen-bond donors (Lipinski definition) is 0. The molecular weight excluding hydrogens is 264 g/mol. The fraction of sp³-hybridized carbons (Fsp3) is 0.176. The highest BCUT2D eigenvalue weighted by molar-refractivity contribution is 5.79. The van der Waals surface area contributed by atoms with Gasteiger partial charge in [0, 0.05) is 10.5 Å². The molecule has 3 rings (SSSR count). The molecule has 0 atom stereocenters. The maximum absolute atomic E-state index is 12.8. The second kappa shape index (κ2) is 4.74. The van der Waals surface area contributed by atoms with Crippen LogP contribution in [0.1, 0.15) is 16.8 Å². The largest absolute Gasteiger partial charge is 0.805 e. The lowest BCUT2D eigenvalue weighted by molar-refractivity contribution is -0.452. The molecule has 106 valence electrons. The maximum atomic E-state index is 12.8. The summed E-state index contributed by atoms with van der Waals surface area (Å²) in [7, 11) is 0. The number of nitrogens with zero attached hydrogens (tertiary/aromatic N) is 2. The van der Waals surface area contributed by atoms with Gasteiger partial charge < -0.3 is 9.94 Å². The van der Waals surface area contributed by atoms with E-state index < -0.39 is 0 Å². The second-order valence-electron chi connectivity index (χ2n) is 5.26. The summed E-state index contributed by atoms with van der Waals surface area (Å²) in [4.78, 5) is 12.8. The van der Waals surface area contributed by atoms with Gasteiger partial charge in [-0.05, 0) is 44.5 Å². The molecule has 0 fully saturated rings. The normalized spacial score (nSPS) is 11.0. The summed E-state index contributed by atoms with van der Waals surface area (Å²) in [6.07, 6.45) is 0. The van der Waals surface area contributed by atoms with Crippen molar-refractivity contribution in [3.63, 3.8) is 0 Å². The van der Waals surface area contributed by atoms with Crippen molar-refractivity contribution in [2.45, 2.75) is 20.8 Å². The quantitative estimate of drug-likeness (QED) is 0.641. The van der Waals surface area contributed by atoms with Crippen LogP contribution in [-0.4, -0.2) is 4.73 Å². The van der Waals surface area contributed by atoms with Crippen LogP contribution in [0.15, 0.2) is 42.5 Å². The molecule has 1 heterocycles. The smallest absolute Gasteiger partial charge is 0.289 e. The van der Waals surface area contributed by atoms with Crippen molar-refractivity contribution in [1.29, 1.82) is 0 Å². The van der Waals surface area contributed by atoms with Crippen molar-refractivity contribution in [2.24, 2.45) is 0 Å². The van der Waals surface area contributed by atoms with Gasteiger partial charge in [-0.15, -0.1) is 0 Å². The Morgan fingerprint density at radius 2 is 1.67 bits per heavy atom. The van der Waals surface area contributed by atoms with E-state index in [-0.39, 0.29) is 0 Å². The molecule has 2 aromatic carbocycles. The van der Waals surface area contributed by atoms with Gasteiger partial charge in [-0.1, -0.05) is 24.3 Å². The van der Waals surface area contributed by atoms with E-state index in [1.165, 1.54) is 0 Å². The van der Waals surface area contributed by atoms with E-state index in [1.807, 2.05) is 50.2 Å². The van der Waals surface area contributed by atoms with Crippen molar-refractivity contribution in [3.8, 4) is 11.3 Å². The number of rotatable bonds is 1. The molecule has 0 amide bonds. The zero-order valence-electron chi connectivity index (χ0n) is 12.3. The van der Waals surface area contributed by atoms with E-state index in [0.29, 0.717) is 22.4 Å². The Kier molecular flexibility index (Phi) is 3.01. The highest BCUT2D eigenvalue weighted by Gasteiger charge is 2.23. The molecule has 0 saturated heterocycles. The summed E-state index contributed by atoms with van der Waals surface area (Å²) in [6.45, 7) is 5.49. The average molecular weight is 280 g/mol. The van der Waals surface area contributed by atoms with E-state index in [1.54, 1.807) is 13.0 Å². The predicted octanol–water partition coefficient (Wildman–Crippen LogP) is 3.49. The molecule has 4 nitrogen and oxygen atoms in total. The van der Waals surface area contributed by atoms with Crippen LogP contribution in [0.25, 0.3) is 22.3 Å². The van der Waals surface area contributed by atoms with Crippen molar-refractivity contribution in [2.75, 3.05) is 0 Å². The van der Waals surface area contributed by atoms with Gasteiger partial charge >= 0.3 is 0 Å². The van der Waals surface area contributed by atoms with Crippen LogP contribution < -0.4 is 4.43 Å². The lowest BCUT2D eigenvalue weighted by atomic mass is 10.1. The van der Waals surface area contributed by atoms with Gasteiger partial charge in [0.15, 0.2) is 0 Å². The van der Waals surface area contributed by atoms with Crippen LogP contribution in [0.5, 0.6) is 0 Å². The molecule has 0 saturated carbocycles. The maximum Gasteiger partial charge on any atom is 0.289 e. The third-order valence-corrected chi connectivity index (χ3v) is 4.00. The Morgan fingerprint density at radius 1 is 1.00 bits per heavy atom. The van der Waals surface area contributed by atoms with Gasteiger partial charge in [-0.3, -0.25) is 0 Å². The van der Waals surface area contributed by atoms with Crippen molar-refractivity contribution < 1.29 is 4.43 Å². The van der Waals surface area contributed by atoms with Crippen molar-refractivity contribution in [3.05, 3.63) is 69.4 Å². The highest BCUT2D eigenvalue weighted by atomic mass is 16.5. The van der Waals surface area contributed by atoms with E-state index in [0.717, 1.165) is 25.8 Å². The summed E-state index contributed by atoms with van der Waals surface area (Å²) in [6, 6.07) is 12.9. The van der Waals surface area contributed by atoms with Gasteiger partial charge in [0.2, 0.25) is 0 Å². The van der Waals surface area contributed by atoms with Gasteiger partial charge in [0.25, 0.3) is 11.2 Å². The zero-order valence-corrected chi connectivity index (χ0v) is 12.3. The van der Waals surface area contributed by atoms with Crippen LogP contribution in [0.2, 0.25) is 0 Å². The Hall–Kier alpha value is -2.62. The SMILES string of the molecule is Cc1ccc2c(c1C)[n+](=O)c(-c1ccccc1)c(C)n2[O-]. The second-order valence-corrected chi connectivity index (χ2v) is 5.26. The Labute approximate surface area is 122 Å². The first-order valence-electron chi connectivity index (χ1n) is 6.83.